The van der Waals surface area contributed by atoms with E-state index in [9.17, 15) is 0 Å². The Balaban J connectivity index is 0.00000400. The predicted octanol–water partition coefficient (Wildman–Crippen LogP) is 2.94. The van der Waals surface area contributed by atoms with E-state index >= 15 is 0 Å². The molecule has 5 heteroatoms. The van der Waals surface area contributed by atoms with Crippen LogP contribution in [0.25, 0.3) is 0 Å². The van der Waals surface area contributed by atoms with Crippen LogP contribution in [0.5, 0.6) is 0 Å². The normalized spacial score (nSPS) is 19.7. The van der Waals surface area contributed by atoms with E-state index < -0.39 is 0 Å². The summed E-state index contributed by atoms with van der Waals surface area (Å²) in [7, 11) is 1.86. The van der Waals surface area contributed by atoms with Gasteiger partial charge in [-0.3, -0.25) is 4.99 Å². The molecule has 0 aromatic heterocycles. The fourth-order valence-electron chi connectivity index (χ4n) is 2.88. The second-order valence-electron chi connectivity index (χ2n) is 5.97. The summed E-state index contributed by atoms with van der Waals surface area (Å²) in [6.07, 6.45) is 5.04. The Morgan fingerprint density at radius 1 is 1.24 bits per heavy atom. The maximum Gasteiger partial charge on any atom is 0.190 e. The van der Waals surface area contributed by atoms with Gasteiger partial charge in [0.15, 0.2) is 5.96 Å². The van der Waals surface area contributed by atoms with Crippen LogP contribution >= 0.6 is 24.0 Å². The lowest BCUT2D eigenvalue weighted by Gasteiger charge is -2.19. The van der Waals surface area contributed by atoms with Crippen LogP contribution in [0.3, 0.4) is 0 Å². The van der Waals surface area contributed by atoms with Crippen molar-refractivity contribution in [1.29, 1.82) is 0 Å². The molecule has 1 heterocycles. The first kappa shape index (κ1) is 21.0. The van der Waals surface area contributed by atoms with Crippen molar-refractivity contribution < 1.29 is 0 Å². The highest BCUT2D eigenvalue weighted by Gasteiger charge is 2.21. The summed E-state index contributed by atoms with van der Waals surface area (Å²) in [6.45, 7) is 12.6. The smallest absolute Gasteiger partial charge is 0.190 e. The van der Waals surface area contributed by atoms with Crippen LogP contribution in [0.2, 0.25) is 0 Å². The third kappa shape index (κ3) is 8.24. The third-order valence-corrected chi connectivity index (χ3v) is 4.40. The average Bonchev–Trinajstić information content (AvgIpc) is 2.91. The van der Waals surface area contributed by atoms with Crippen molar-refractivity contribution >= 4 is 29.9 Å². The molecule has 1 aliphatic heterocycles. The van der Waals surface area contributed by atoms with Gasteiger partial charge in [0.05, 0.1) is 0 Å². The summed E-state index contributed by atoms with van der Waals surface area (Å²) in [4.78, 5) is 6.90. The number of halogens is 1. The van der Waals surface area contributed by atoms with Crippen LogP contribution in [0.4, 0.5) is 0 Å². The molecule has 0 saturated carbocycles. The van der Waals surface area contributed by atoms with Crippen LogP contribution < -0.4 is 10.6 Å². The van der Waals surface area contributed by atoms with Crippen molar-refractivity contribution in [3.8, 4) is 0 Å². The van der Waals surface area contributed by atoms with Gasteiger partial charge in [0.25, 0.3) is 0 Å². The molecule has 1 fully saturated rings. The van der Waals surface area contributed by atoms with Gasteiger partial charge in [0.1, 0.15) is 0 Å². The number of hydrogen-bond donors (Lipinski definition) is 2. The summed E-state index contributed by atoms with van der Waals surface area (Å²) >= 11 is 0. The van der Waals surface area contributed by atoms with Gasteiger partial charge in [-0.05, 0) is 37.8 Å². The highest BCUT2D eigenvalue weighted by molar-refractivity contribution is 14.0. The van der Waals surface area contributed by atoms with Gasteiger partial charge in [-0.15, -0.1) is 24.0 Å². The maximum absolute atomic E-state index is 4.33. The Morgan fingerprint density at radius 3 is 2.52 bits per heavy atom. The van der Waals surface area contributed by atoms with E-state index in [1.54, 1.807) is 0 Å². The molecule has 0 bridgehead atoms. The van der Waals surface area contributed by atoms with Gasteiger partial charge in [0, 0.05) is 26.7 Å². The maximum atomic E-state index is 4.33. The minimum atomic E-state index is 0. The number of nitrogens with zero attached hydrogens (tertiary/aromatic N) is 2. The fourth-order valence-corrected chi connectivity index (χ4v) is 2.88. The van der Waals surface area contributed by atoms with E-state index in [4.69, 9.17) is 0 Å². The van der Waals surface area contributed by atoms with Crippen molar-refractivity contribution in [2.45, 2.75) is 46.5 Å². The molecule has 1 rings (SSSR count). The van der Waals surface area contributed by atoms with Gasteiger partial charge in [-0.2, -0.15) is 0 Å². The monoisotopic (exact) mass is 410 g/mol. The van der Waals surface area contributed by atoms with Crippen molar-refractivity contribution in [3.05, 3.63) is 0 Å². The number of aliphatic imine (C=N–C) groups is 1. The van der Waals surface area contributed by atoms with Crippen LogP contribution in [0.1, 0.15) is 46.5 Å². The number of likely N-dealkylation sites (tertiary alicyclic amines) is 1. The molecular formula is C16H35IN4. The highest BCUT2D eigenvalue weighted by atomic mass is 127. The first-order valence-electron chi connectivity index (χ1n) is 8.40. The quantitative estimate of drug-likeness (QED) is 0.367. The topological polar surface area (TPSA) is 39.7 Å². The Bertz CT molecular complexity index is 279. The molecule has 2 N–H and O–H groups in total. The van der Waals surface area contributed by atoms with Gasteiger partial charge in [0.2, 0.25) is 0 Å². The summed E-state index contributed by atoms with van der Waals surface area (Å²) in [6, 6.07) is 0. The molecule has 4 nitrogen and oxygen atoms in total. The van der Waals surface area contributed by atoms with Gasteiger partial charge in [-0.1, -0.05) is 33.6 Å². The Hall–Kier alpha value is -0.0400. The molecule has 0 spiro atoms. The van der Waals surface area contributed by atoms with Crippen LogP contribution in [-0.4, -0.2) is 50.6 Å². The van der Waals surface area contributed by atoms with E-state index in [-0.39, 0.29) is 24.0 Å². The SMILES string of the molecule is CCCN1CCC(CNC(=NC)NCC(CC)CC)C1.I. The minimum absolute atomic E-state index is 0. The van der Waals surface area contributed by atoms with Gasteiger partial charge >= 0.3 is 0 Å². The molecule has 0 aliphatic carbocycles. The number of hydrogen-bond acceptors (Lipinski definition) is 2. The third-order valence-electron chi connectivity index (χ3n) is 4.40. The molecule has 1 saturated heterocycles. The zero-order valence-electron chi connectivity index (χ0n) is 14.3. The lowest BCUT2D eigenvalue weighted by Crippen LogP contribution is -2.42. The van der Waals surface area contributed by atoms with Gasteiger partial charge in [-0.25, -0.2) is 0 Å². The highest BCUT2D eigenvalue weighted by Crippen LogP contribution is 2.15. The van der Waals surface area contributed by atoms with Crippen molar-refractivity contribution in [2.75, 3.05) is 39.8 Å². The molecule has 0 radical (unpaired) electrons. The summed E-state index contributed by atoms with van der Waals surface area (Å²) < 4.78 is 0. The number of guanidine groups is 1. The number of nitrogens with one attached hydrogen (secondary N) is 2. The largest absolute Gasteiger partial charge is 0.356 e. The molecule has 1 unspecified atom stereocenters. The van der Waals surface area contributed by atoms with Crippen LogP contribution in [0, 0.1) is 11.8 Å². The molecule has 0 aromatic rings. The lowest BCUT2D eigenvalue weighted by atomic mass is 10.0. The van der Waals surface area contributed by atoms with E-state index in [0.717, 1.165) is 30.9 Å². The van der Waals surface area contributed by atoms with E-state index in [0.29, 0.717) is 0 Å². The zero-order valence-corrected chi connectivity index (χ0v) is 16.7. The Labute approximate surface area is 148 Å². The summed E-state index contributed by atoms with van der Waals surface area (Å²) in [5.74, 6) is 2.49. The molecule has 1 atom stereocenters. The summed E-state index contributed by atoms with van der Waals surface area (Å²) in [5.41, 5.74) is 0. The van der Waals surface area contributed by atoms with Crippen LogP contribution in [0.15, 0.2) is 4.99 Å². The van der Waals surface area contributed by atoms with E-state index in [1.807, 2.05) is 7.05 Å². The molecule has 126 valence electrons. The van der Waals surface area contributed by atoms with E-state index in [2.05, 4.69) is 41.3 Å². The molecule has 21 heavy (non-hydrogen) atoms. The standard InChI is InChI=1S/C16H34N4.HI/c1-5-9-20-10-8-15(13-20)12-19-16(17-4)18-11-14(6-2)7-3;/h14-15H,5-13H2,1-4H3,(H2,17,18,19);1H. The summed E-state index contributed by atoms with van der Waals surface area (Å²) in [5, 5.41) is 6.95. The van der Waals surface area contributed by atoms with Crippen molar-refractivity contribution in [2.24, 2.45) is 16.8 Å². The minimum Gasteiger partial charge on any atom is -0.356 e. The fraction of sp³-hybridized carbons (Fsp3) is 0.938. The van der Waals surface area contributed by atoms with Crippen molar-refractivity contribution in [3.63, 3.8) is 0 Å². The molecule has 0 aromatic carbocycles. The Kier molecular flexibility index (Phi) is 12.5. The number of rotatable bonds is 8. The van der Waals surface area contributed by atoms with E-state index in [1.165, 1.54) is 45.3 Å². The van der Waals surface area contributed by atoms with Crippen molar-refractivity contribution in [1.82, 2.24) is 15.5 Å². The second kappa shape index (κ2) is 12.5. The Morgan fingerprint density at radius 2 is 1.95 bits per heavy atom. The van der Waals surface area contributed by atoms with Crippen LogP contribution in [-0.2, 0) is 0 Å². The average molecular weight is 410 g/mol. The molecule has 1 aliphatic rings. The first-order chi connectivity index (χ1) is 9.73. The van der Waals surface area contributed by atoms with Gasteiger partial charge < -0.3 is 15.5 Å². The lowest BCUT2D eigenvalue weighted by molar-refractivity contribution is 0.324. The predicted molar refractivity (Wildman–Crippen MR) is 104 cm³/mol. The molecule has 0 amide bonds. The first-order valence-corrected chi connectivity index (χ1v) is 8.40. The molecular weight excluding hydrogens is 375 g/mol. The zero-order chi connectivity index (χ0) is 14.8. The second-order valence-corrected chi connectivity index (χ2v) is 5.97.